The number of nitrogens with zero attached hydrogens (tertiary/aromatic N) is 3. The highest BCUT2D eigenvalue weighted by atomic mass is 35.5. The molecular weight excluding hydrogens is 458 g/mol. The van der Waals surface area contributed by atoms with Crippen LogP contribution in [0.1, 0.15) is 30.6 Å². The van der Waals surface area contributed by atoms with Gasteiger partial charge in [-0.1, -0.05) is 48.9 Å². The molecule has 0 amide bonds. The van der Waals surface area contributed by atoms with Crippen molar-refractivity contribution >= 4 is 40.9 Å². The molecule has 5 nitrogen and oxygen atoms in total. The van der Waals surface area contributed by atoms with E-state index in [4.69, 9.17) is 11.6 Å². The van der Waals surface area contributed by atoms with Gasteiger partial charge in [-0.25, -0.2) is 14.4 Å². The maximum Gasteiger partial charge on any atom is 0.151 e. The molecule has 0 radical (unpaired) electrons. The Morgan fingerprint density at radius 2 is 1.85 bits per heavy atom. The molecule has 0 aliphatic heterocycles. The number of halogens is 2. The fraction of sp³-hybridized carbons (Fsp3) is 0.240. The molecule has 0 spiro atoms. The van der Waals surface area contributed by atoms with Crippen LogP contribution >= 0.6 is 18.7 Å². The van der Waals surface area contributed by atoms with Gasteiger partial charge in [-0.2, -0.15) is 0 Å². The predicted octanol–water partition coefficient (Wildman–Crippen LogP) is 6.60. The first-order valence-corrected chi connectivity index (χ1v) is 13.7. The van der Waals surface area contributed by atoms with Gasteiger partial charge in [-0.05, 0) is 44.4 Å². The van der Waals surface area contributed by atoms with Crippen molar-refractivity contribution < 1.29 is 8.96 Å². The number of hydrogen-bond acceptors (Lipinski definition) is 5. The van der Waals surface area contributed by atoms with Gasteiger partial charge in [-0.15, -0.1) is 0 Å². The Kier molecular flexibility index (Phi) is 6.51. The summed E-state index contributed by atoms with van der Waals surface area (Å²) in [5.74, 6) is -0.511. The summed E-state index contributed by atoms with van der Waals surface area (Å²) in [6, 6.07) is 14.8. The molecule has 8 heteroatoms. The van der Waals surface area contributed by atoms with Gasteiger partial charge in [0.15, 0.2) is 5.82 Å². The summed E-state index contributed by atoms with van der Waals surface area (Å²) < 4.78 is 27.3. The van der Waals surface area contributed by atoms with Crippen molar-refractivity contribution in [3.63, 3.8) is 0 Å². The quantitative estimate of drug-likeness (QED) is 0.313. The molecule has 0 aliphatic rings. The molecule has 3 heterocycles. The van der Waals surface area contributed by atoms with E-state index < -0.39 is 13.0 Å². The fourth-order valence-electron chi connectivity index (χ4n) is 3.72. The average molecular weight is 483 g/mol. The third-order valence-electron chi connectivity index (χ3n) is 5.52. The summed E-state index contributed by atoms with van der Waals surface area (Å²) in [5, 5.41) is 3.97. The monoisotopic (exact) mass is 482 g/mol. The van der Waals surface area contributed by atoms with E-state index in [0.29, 0.717) is 38.4 Å². The highest BCUT2D eigenvalue weighted by Gasteiger charge is 2.20. The number of anilines is 1. The molecule has 1 atom stereocenters. The number of rotatable bonds is 6. The van der Waals surface area contributed by atoms with Gasteiger partial charge in [0.1, 0.15) is 18.4 Å². The Hall–Kier alpha value is -2.82. The predicted molar refractivity (Wildman–Crippen MR) is 135 cm³/mol. The Bertz CT molecular complexity index is 1360. The number of benzene rings is 1. The smallest absolute Gasteiger partial charge is 0.151 e. The molecule has 0 bridgehead atoms. The largest absolute Gasteiger partial charge is 0.375 e. The lowest BCUT2D eigenvalue weighted by Gasteiger charge is -2.21. The molecule has 4 aromatic rings. The summed E-state index contributed by atoms with van der Waals surface area (Å²) in [7, 11) is -2.51. The minimum absolute atomic E-state index is 0.00629. The SMILES string of the molecule is CCC(Nc1c(Cl)c(C)nc2cc(F)c(-c3ccc(P(C)(C)=O)nc3)nc12)c1ccccc1. The zero-order valence-electron chi connectivity index (χ0n) is 18.9. The van der Waals surface area contributed by atoms with Gasteiger partial charge in [0.2, 0.25) is 0 Å². The maximum absolute atomic E-state index is 15.1. The number of fused-ring (bicyclic) bond motifs is 1. The van der Waals surface area contributed by atoms with E-state index in [-0.39, 0.29) is 11.7 Å². The van der Waals surface area contributed by atoms with Gasteiger partial charge in [-0.3, -0.25) is 4.98 Å². The topological polar surface area (TPSA) is 67.8 Å². The van der Waals surface area contributed by atoms with Gasteiger partial charge in [0.25, 0.3) is 0 Å². The second kappa shape index (κ2) is 9.20. The van der Waals surface area contributed by atoms with E-state index in [1.54, 1.807) is 32.4 Å². The number of hydrogen-bond donors (Lipinski definition) is 1. The average Bonchev–Trinajstić information content (AvgIpc) is 2.79. The van der Waals surface area contributed by atoms with Crippen molar-refractivity contribution in [2.45, 2.75) is 26.3 Å². The molecule has 0 fully saturated rings. The van der Waals surface area contributed by atoms with E-state index in [9.17, 15) is 4.57 Å². The first-order valence-electron chi connectivity index (χ1n) is 10.7. The Morgan fingerprint density at radius 1 is 1.12 bits per heavy atom. The van der Waals surface area contributed by atoms with E-state index in [1.807, 2.05) is 18.2 Å². The number of aryl methyl sites for hydroxylation is 1. The Morgan fingerprint density at radius 3 is 2.45 bits per heavy atom. The van der Waals surface area contributed by atoms with Crippen LogP contribution in [0.3, 0.4) is 0 Å². The summed E-state index contributed by atoms with van der Waals surface area (Å²) >= 11 is 6.67. The van der Waals surface area contributed by atoms with E-state index >= 15 is 4.39 Å². The Balaban J connectivity index is 1.85. The third kappa shape index (κ3) is 4.78. The third-order valence-corrected chi connectivity index (χ3v) is 7.35. The van der Waals surface area contributed by atoms with E-state index in [2.05, 4.69) is 39.3 Å². The van der Waals surface area contributed by atoms with Crippen LogP contribution in [0.25, 0.3) is 22.3 Å². The summed E-state index contributed by atoms with van der Waals surface area (Å²) in [4.78, 5) is 13.4. The first kappa shape index (κ1) is 23.3. The van der Waals surface area contributed by atoms with Crippen molar-refractivity contribution in [3.05, 3.63) is 76.8 Å². The maximum atomic E-state index is 15.1. The van der Waals surface area contributed by atoms with Crippen LogP contribution in [0, 0.1) is 12.7 Å². The number of pyridine rings is 3. The summed E-state index contributed by atoms with van der Waals surface area (Å²) in [6.07, 6.45) is 2.32. The van der Waals surface area contributed by atoms with Crippen molar-refractivity contribution in [2.24, 2.45) is 0 Å². The van der Waals surface area contributed by atoms with Gasteiger partial charge < -0.3 is 9.88 Å². The molecule has 4 rings (SSSR count). The number of nitrogens with one attached hydrogen (secondary N) is 1. The second-order valence-corrected chi connectivity index (χ2v) is 11.9. The van der Waals surface area contributed by atoms with E-state index in [0.717, 1.165) is 12.0 Å². The minimum Gasteiger partial charge on any atom is -0.375 e. The van der Waals surface area contributed by atoms with Crippen molar-refractivity contribution in [3.8, 4) is 11.3 Å². The molecule has 0 saturated heterocycles. The molecule has 3 aromatic heterocycles. The Labute approximate surface area is 197 Å². The van der Waals surface area contributed by atoms with Crippen LogP contribution in [-0.4, -0.2) is 28.3 Å². The van der Waals surface area contributed by atoms with Crippen molar-refractivity contribution in [1.29, 1.82) is 0 Å². The van der Waals surface area contributed by atoms with Gasteiger partial charge in [0.05, 0.1) is 33.4 Å². The van der Waals surface area contributed by atoms with Crippen LogP contribution < -0.4 is 10.8 Å². The van der Waals surface area contributed by atoms with Crippen LogP contribution in [0.15, 0.2) is 54.7 Å². The van der Waals surface area contributed by atoms with Crippen LogP contribution in [-0.2, 0) is 4.57 Å². The molecule has 1 aromatic carbocycles. The lowest BCUT2D eigenvalue weighted by Crippen LogP contribution is -2.12. The lowest BCUT2D eigenvalue weighted by molar-refractivity contribution is 0.588. The summed E-state index contributed by atoms with van der Waals surface area (Å²) in [5.41, 5.74) is 4.35. The van der Waals surface area contributed by atoms with Crippen molar-refractivity contribution in [2.75, 3.05) is 18.6 Å². The van der Waals surface area contributed by atoms with Crippen LogP contribution in [0.4, 0.5) is 10.1 Å². The highest BCUT2D eigenvalue weighted by Crippen LogP contribution is 2.37. The molecular formula is C25H25ClFN4OP. The molecule has 1 N–H and O–H groups in total. The minimum atomic E-state index is -2.51. The molecule has 33 heavy (non-hydrogen) atoms. The number of aromatic nitrogens is 3. The zero-order chi connectivity index (χ0) is 23.8. The van der Waals surface area contributed by atoms with Gasteiger partial charge >= 0.3 is 0 Å². The molecule has 0 saturated carbocycles. The fourth-order valence-corrected chi connectivity index (χ4v) is 4.68. The summed E-state index contributed by atoms with van der Waals surface area (Å²) in [6.45, 7) is 7.17. The van der Waals surface area contributed by atoms with Gasteiger partial charge in [0, 0.05) is 17.8 Å². The normalized spacial score (nSPS) is 12.7. The van der Waals surface area contributed by atoms with Crippen molar-refractivity contribution in [1.82, 2.24) is 15.0 Å². The molecule has 1 unspecified atom stereocenters. The molecule has 170 valence electrons. The van der Waals surface area contributed by atoms with Crippen LogP contribution in [0.2, 0.25) is 5.02 Å². The first-order chi connectivity index (χ1) is 15.7. The van der Waals surface area contributed by atoms with E-state index in [1.165, 1.54) is 12.3 Å². The lowest BCUT2D eigenvalue weighted by atomic mass is 10.0. The zero-order valence-corrected chi connectivity index (χ0v) is 20.6. The molecule has 0 aliphatic carbocycles. The standard InChI is InChI=1S/C25H25ClFN4OP/c1-5-19(16-9-7-6-8-10-16)30-25-22(26)15(2)29-20-13-18(27)23(31-24(20)25)17-11-12-21(28-14-17)33(3,4)32/h6-14,19H,5H2,1-4H3,(H,29,30). The highest BCUT2D eigenvalue weighted by molar-refractivity contribution is 7.69. The van der Waals surface area contributed by atoms with Crippen LogP contribution in [0.5, 0.6) is 0 Å². The second-order valence-electron chi connectivity index (χ2n) is 8.34.